The minimum absolute atomic E-state index is 0.0921. The van der Waals surface area contributed by atoms with Crippen LogP contribution in [0.25, 0.3) is 11.1 Å². The second-order valence-electron chi connectivity index (χ2n) is 7.09. The van der Waals surface area contributed by atoms with Crippen molar-refractivity contribution in [3.8, 4) is 11.1 Å². The average Bonchev–Trinajstić information content (AvgIpc) is 3.06. The van der Waals surface area contributed by atoms with Gasteiger partial charge in [-0.05, 0) is 44.3 Å². The Morgan fingerprint density at radius 2 is 1.70 bits per heavy atom. The van der Waals surface area contributed by atoms with Gasteiger partial charge < -0.3 is 9.84 Å². The van der Waals surface area contributed by atoms with Gasteiger partial charge in [0, 0.05) is 35.4 Å². The van der Waals surface area contributed by atoms with Crippen LogP contribution in [0.5, 0.6) is 0 Å². The fourth-order valence-corrected chi connectivity index (χ4v) is 4.29. The number of aliphatic carboxylic acids is 1. The molecule has 2 aromatic carbocycles. The summed E-state index contributed by atoms with van der Waals surface area (Å²) < 4.78 is 6.21. The van der Waals surface area contributed by atoms with Crippen LogP contribution in [-0.2, 0) is 9.53 Å². The highest BCUT2D eigenvalue weighted by Gasteiger charge is 2.32. The van der Waals surface area contributed by atoms with Crippen LogP contribution >= 0.6 is 15.9 Å². The van der Waals surface area contributed by atoms with Crippen LogP contribution < -0.4 is 0 Å². The van der Waals surface area contributed by atoms with Gasteiger partial charge >= 0.3 is 12.1 Å². The summed E-state index contributed by atoms with van der Waals surface area (Å²) in [7, 11) is 1.42. The van der Waals surface area contributed by atoms with Crippen molar-refractivity contribution in [2.24, 2.45) is 0 Å². The van der Waals surface area contributed by atoms with E-state index in [0.717, 1.165) is 27.2 Å². The molecular formula is C23H19BrN2O4. The number of carbonyl (C=O) groups is 2. The number of halogens is 1. The number of pyridine rings is 1. The molecule has 30 heavy (non-hydrogen) atoms. The van der Waals surface area contributed by atoms with Crippen molar-refractivity contribution in [3.63, 3.8) is 0 Å². The fraction of sp³-hybridized carbons (Fsp3) is 0.174. The Morgan fingerprint density at radius 1 is 1.10 bits per heavy atom. The lowest BCUT2D eigenvalue weighted by Crippen LogP contribution is -2.37. The first-order chi connectivity index (χ1) is 14.5. The van der Waals surface area contributed by atoms with Crippen molar-refractivity contribution in [2.75, 3.05) is 13.7 Å². The molecule has 3 aromatic rings. The summed E-state index contributed by atoms with van der Waals surface area (Å²) in [4.78, 5) is 29.7. The molecule has 1 amide bonds. The summed E-state index contributed by atoms with van der Waals surface area (Å²) in [6.07, 6.45) is 2.27. The Hall–Kier alpha value is -3.19. The van der Waals surface area contributed by atoms with Crippen molar-refractivity contribution in [3.05, 3.63) is 88.2 Å². The van der Waals surface area contributed by atoms with Gasteiger partial charge in [0.2, 0.25) is 0 Å². The minimum atomic E-state index is -1.20. The fourth-order valence-electron chi connectivity index (χ4n) is 3.91. The van der Waals surface area contributed by atoms with Crippen molar-refractivity contribution in [1.82, 2.24) is 9.88 Å². The summed E-state index contributed by atoms with van der Waals surface area (Å²) in [6, 6.07) is 16.5. The second kappa shape index (κ2) is 8.28. The van der Waals surface area contributed by atoms with Gasteiger partial charge in [-0.25, -0.2) is 9.59 Å². The Balaban J connectivity index is 1.54. The van der Waals surface area contributed by atoms with E-state index in [-0.39, 0.29) is 12.5 Å². The standard InChI is InChI=1S/C23H19BrN2O4/c1-26(21(22(27)28)14-10-15(24)12-25-11-14)23(29)30-13-20-18-8-4-2-6-16(18)17-7-3-5-9-19(17)20/h2-12,20-21H,13H2,1H3,(H,27,28). The van der Waals surface area contributed by atoms with Gasteiger partial charge in [0.05, 0.1) is 0 Å². The number of rotatable bonds is 5. The summed E-state index contributed by atoms with van der Waals surface area (Å²) in [5, 5.41) is 9.68. The molecule has 0 aliphatic heterocycles. The molecule has 0 saturated heterocycles. The number of hydrogen-bond donors (Lipinski definition) is 1. The van der Waals surface area contributed by atoms with Gasteiger partial charge in [-0.3, -0.25) is 9.88 Å². The van der Waals surface area contributed by atoms with E-state index < -0.39 is 18.1 Å². The van der Waals surface area contributed by atoms with Gasteiger partial charge in [-0.2, -0.15) is 0 Å². The van der Waals surface area contributed by atoms with E-state index in [2.05, 4.69) is 33.0 Å². The molecule has 0 bridgehead atoms. The lowest BCUT2D eigenvalue weighted by Gasteiger charge is -2.25. The van der Waals surface area contributed by atoms with E-state index in [1.165, 1.54) is 13.2 Å². The van der Waals surface area contributed by atoms with Crippen molar-refractivity contribution < 1.29 is 19.4 Å². The van der Waals surface area contributed by atoms with Crippen LogP contribution in [0.3, 0.4) is 0 Å². The molecule has 1 aromatic heterocycles. The molecule has 6 nitrogen and oxygen atoms in total. The molecule has 1 aliphatic carbocycles. The molecule has 4 rings (SSSR count). The normalized spacial score (nSPS) is 13.3. The van der Waals surface area contributed by atoms with Crippen LogP contribution in [0.15, 0.2) is 71.5 Å². The zero-order valence-electron chi connectivity index (χ0n) is 16.2. The maximum absolute atomic E-state index is 12.7. The molecule has 0 spiro atoms. The smallest absolute Gasteiger partial charge is 0.410 e. The highest BCUT2D eigenvalue weighted by atomic mass is 79.9. The SMILES string of the molecule is CN(C(=O)OCC1c2ccccc2-c2ccccc21)C(C(=O)O)c1cncc(Br)c1. The molecule has 1 unspecified atom stereocenters. The number of carboxylic acid groups (broad SMARTS) is 1. The van der Waals surface area contributed by atoms with E-state index in [9.17, 15) is 14.7 Å². The third-order valence-electron chi connectivity index (χ3n) is 5.29. The summed E-state index contributed by atoms with van der Waals surface area (Å²) >= 11 is 3.28. The number of hydrogen-bond acceptors (Lipinski definition) is 4. The van der Waals surface area contributed by atoms with E-state index in [0.29, 0.717) is 10.0 Å². The van der Waals surface area contributed by atoms with E-state index in [1.807, 2.05) is 36.4 Å². The molecule has 1 aliphatic rings. The summed E-state index contributed by atoms with van der Waals surface area (Å²) in [6.45, 7) is 0.125. The van der Waals surface area contributed by atoms with Gasteiger partial charge in [0.1, 0.15) is 6.61 Å². The van der Waals surface area contributed by atoms with Gasteiger partial charge in [0.15, 0.2) is 6.04 Å². The maximum atomic E-state index is 12.7. The summed E-state index contributed by atoms with van der Waals surface area (Å²) in [5.74, 6) is -1.25. The molecule has 7 heteroatoms. The van der Waals surface area contributed by atoms with E-state index in [1.54, 1.807) is 12.3 Å². The van der Waals surface area contributed by atoms with Gasteiger partial charge in [0.25, 0.3) is 0 Å². The molecule has 0 radical (unpaired) electrons. The minimum Gasteiger partial charge on any atom is -0.479 e. The number of benzene rings is 2. The monoisotopic (exact) mass is 466 g/mol. The predicted molar refractivity (Wildman–Crippen MR) is 115 cm³/mol. The number of carbonyl (C=O) groups excluding carboxylic acids is 1. The number of ether oxygens (including phenoxy) is 1. The Labute approximate surface area is 182 Å². The molecule has 1 N–H and O–H groups in total. The number of fused-ring (bicyclic) bond motifs is 3. The number of nitrogens with zero attached hydrogens (tertiary/aromatic N) is 2. The van der Waals surface area contributed by atoms with Crippen LogP contribution in [0.1, 0.15) is 28.7 Å². The number of aromatic nitrogens is 1. The van der Waals surface area contributed by atoms with E-state index in [4.69, 9.17) is 4.74 Å². The molecule has 1 heterocycles. The molecule has 1 atom stereocenters. The number of likely N-dealkylation sites (N-methyl/N-ethyl adjacent to an activating group) is 1. The summed E-state index contributed by atoms with van der Waals surface area (Å²) in [5.41, 5.74) is 4.84. The van der Waals surface area contributed by atoms with Gasteiger partial charge in [-0.1, -0.05) is 48.5 Å². The van der Waals surface area contributed by atoms with Crippen LogP contribution in [0.4, 0.5) is 4.79 Å². The lowest BCUT2D eigenvalue weighted by molar-refractivity contribution is -0.142. The first-order valence-electron chi connectivity index (χ1n) is 9.38. The third-order valence-corrected chi connectivity index (χ3v) is 5.72. The Kier molecular flexibility index (Phi) is 5.55. The lowest BCUT2D eigenvalue weighted by atomic mass is 9.98. The largest absolute Gasteiger partial charge is 0.479 e. The first kappa shape index (κ1) is 20.1. The highest BCUT2D eigenvalue weighted by molar-refractivity contribution is 9.10. The molecule has 0 saturated carbocycles. The topological polar surface area (TPSA) is 79.7 Å². The Bertz CT molecular complexity index is 1070. The first-order valence-corrected chi connectivity index (χ1v) is 10.2. The third kappa shape index (κ3) is 3.68. The Morgan fingerprint density at radius 3 is 2.27 bits per heavy atom. The second-order valence-corrected chi connectivity index (χ2v) is 8.01. The van der Waals surface area contributed by atoms with Gasteiger partial charge in [-0.15, -0.1) is 0 Å². The number of amides is 1. The highest BCUT2D eigenvalue weighted by Crippen LogP contribution is 2.44. The molecule has 0 fully saturated rings. The van der Waals surface area contributed by atoms with E-state index >= 15 is 0 Å². The predicted octanol–water partition coefficient (Wildman–Crippen LogP) is 4.85. The average molecular weight is 467 g/mol. The van der Waals surface area contributed by atoms with Crippen molar-refractivity contribution >= 4 is 28.0 Å². The zero-order valence-corrected chi connectivity index (χ0v) is 17.7. The zero-order chi connectivity index (χ0) is 21.3. The molecule has 152 valence electrons. The van der Waals surface area contributed by atoms with Crippen LogP contribution in [0, 0.1) is 0 Å². The van der Waals surface area contributed by atoms with Crippen molar-refractivity contribution in [2.45, 2.75) is 12.0 Å². The van der Waals surface area contributed by atoms with Crippen molar-refractivity contribution in [1.29, 1.82) is 0 Å². The quantitative estimate of drug-likeness (QED) is 0.581. The maximum Gasteiger partial charge on any atom is 0.410 e. The van der Waals surface area contributed by atoms with Crippen LogP contribution in [0.2, 0.25) is 0 Å². The number of carboxylic acids is 1. The molecular weight excluding hydrogens is 448 g/mol. The van der Waals surface area contributed by atoms with Crippen LogP contribution in [-0.4, -0.2) is 40.7 Å².